The molecule has 0 aliphatic heterocycles. The lowest BCUT2D eigenvalue weighted by molar-refractivity contribution is 0.286. The van der Waals surface area contributed by atoms with E-state index in [4.69, 9.17) is 5.11 Å². The first-order valence-corrected chi connectivity index (χ1v) is 4.56. The molecule has 0 fully saturated rings. The highest BCUT2D eigenvalue weighted by atomic mass is 16.3. The summed E-state index contributed by atoms with van der Waals surface area (Å²) >= 11 is 0. The smallest absolute Gasteiger partial charge is 0.0541 e. The van der Waals surface area contributed by atoms with Crippen LogP contribution in [-0.4, -0.2) is 23.2 Å². The van der Waals surface area contributed by atoms with Crippen molar-refractivity contribution >= 4 is 0 Å². The molecule has 0 radical (unpaired) electrons. The lowest BCUT2D eigenvalue weighted by atomic mass is 10.3. The van der Waals surface area contributed by atoms with Crippen molar-refractivity contribution < 1.29 is 5.11 Å². The maximum atomic E-state index is 8.54. The molecule has 1 heterocycles. The van der Waals surface area contributed by atoms with Crippen molar-refractivity contribution in [3.63, 3.8) is 0 Å². The molecule has 0 saturated heterocycles. The Morgan fingerprint density at radius 2 is 2.31 bits per heavy atom. The monoisotopic (exact) mass is 180 g/mol. The second kappa shape index (κ2) is 5.67. The molecule has 0 saturated carbocycles. The van der Waals surface area contributed by atoms with Crippen LogP contribution >= 0.6 is 0 Å². The van der Waals surface area contributed by atoms with Crippen molar-refractivity contribution in [1.82, 2.24) is 10.3 Å². The molecule has 1 rings (SSSR count). The predicted molar refractivity (Wildman–Crippen MR) is 52.4 cm³/mol. The first-order chi connectivity index (χ1) is 6.33. The minimum absolute atomic E-state index is 0.244. The molecule has 2 N–H and O–H groups in total. The van der Waals surface area contributed by atoms with Gasteiger partial charge in [0.05, 0.1) is 5.69 Å². The van der Waals surface area contributed by atoms with Gasteiger partial charge in [-0.2, -0.15) is 0 Å². The fraction of sp³-hybridized carbons (Fsp3) is 0.500. The molecule has 0 atom stereocenters. The number of aliphatic hydroxyl groups is 1. The number of aryl methyl sites for hydroxylation is 1. The number of hydrogen-bond donors (Lipinski definition) is 2. The van der Waals surface area contributed by atoms with E-state index in [-0.39, 0.29) is 6.61 Å². The van der Waals surface area contributed by atoms with Gasteiger partial charge in [-0.1, -0.05) is 6.07 Å². The Labute approximate surface area is 78.8 Å². The summed E-state index contributed by atoms with van der Waals surface area (Å²) in [6, 6.07) is 4.07. The van der Waals surface area contributed by atoms with Crippen LogP contribution in [0.4, 0.5) is 0 Å². The number of aliphatic hydroxyl groups excluding tert-OH is 1. The Balaban J connectivity index is 2.25. The average molecular weight is 180 g/mol. The highest BCUT2D eigenvalue weighted by Crippen LogP contribution is 1.97. The van der Waals surface area contributed by atoms with Crippen molar-refractivity contribution in [2.75, 3.05) is 13.2 Å². The van der Waals surface area contributed by atoms with E-state index in [1.54, 1.807) is 0 Å². The van der Waals surface area contributed by atoms with Crippen LogP contribution in [0.5, 0.6) is 0 Å². The summed E-state index contributed by atoms with van der Waals surface area (Å²) in [6.07, 6.45) is 2.66. The van der Waals surface area contributed by atoms with E-state index >= 15 is 0 Å². The molecule has 3 heteroatoms. The van der Waals surface area contributed by atoms with E-state index in [1.165, 1.54) is 5.56 Å². The summed E-state index contributed by atoms with van der Waals surface area (Å²) < 4.78 is 0. The van der Waals surface area contributed by atoms with Gasteiger partial charge in [0, 0.05) is 19.3 Å². The highest BCUT2D eigenvalue weighted by Gasteiger charge is 1.92. The van der Waals surface area contributed by atoms with Crippen molar-refractivity contribution in [3.05, 3.63) is 29.6 Å². The third-order valence-electron chi connectivity index (χ3n) is 1.79. The molecule has 0 aromatic carbocycles. The minimum Gasteiger partial charge on any atom is -0.396 e. The normalized spacial score (nSPS) is 10.3. The lowest BCUT2D eigenvalue weighted by Gasteiger charge is -2.02. The molecule has 13 heavy (non-hydrogen) atoms. The van der Waals surface area contributed by atoms with Gasteiger partial charge in [0.25, 0.3) is 0 Å². The maximum Gasteiger partial charge on any atom is 0.0541 e. The average Bonchev–Trinajstić information content (AvgIpc) is 2.15. The van der Waals surface area contributed by atoms with Gasteiger partial charge in [0.15, 0.2) is 0 Å². The molecule has 3 nitrogen and oxygen atoms in total. The van der Waals surface area contributed by atoms with E-state index in [1.807, 2.05) is 19.2 Å². The fourth-order valence-electron chi connectivity index (χ4n) is 1.02. The zero-order valence-corrected chi connectivity index (χ0v) is 7.95. The SMILES string of the molecule is Cc1ccc(CNCCCO)nc1. The molecular weight excluding hydrogens is 164 g/mol. The topological polar surface area (TPSA) is 45.1 Å². The summed E-state index contributed by atoms with van der Waals surface area (Å²) in [4.78, 5) is 4.25. The third-order valence-corrected chi connectivity index (χ3v) is 1.79. The Morgan fingerprint density at radius 1 is 1.46 bits per heavy atom. The van der Waals surface area contributed by atoms with Crippen LogP contribution in [0.2, 0.25) is 0 Å². The van der Waals surface area contributed by atoms with Gasteiger partial charge in [-0.05, 0) is 31.5 Å². The fourth-order valence-corrected chi connectivity index (χ4v) is 1.02. The molecule has 1 aromatic heterocycles. The predicted octanol–water partition coefficient (Wildman–Crippen LogP) is 0.862. The zero-order chi connectivity index (χ0) is 9.52. The van der Waals surface area contributed by atoms with Crippen molar-refractivity contribution in [2.45, 2.75) is 19.9 Å². The zero-order valence-electron chi connectivity index (χ0n) is 7.95. The van der Waals surface area contributed by atoms with Gasteiger partial charge >= 0.3 is 0 Å². The Hall–Kier alpha value is -0.930. The number of aromatic nitrogens is 1. The van der Waals surface area contributed by atoms with Gasteiger partial charge in [0.2, 0.25) is 0 Å². The molecule has 0 spiro atoms. The van der Waals surface area contributed by atoms with Gasteiger partial charge in [0.1, 0.15) is 0 Å². The molecule has 0 unspecified atom stereocenters. The summed E-state index contributed by atoms with van der Waals surface area (Å²) in [7, 11) is 0. The van der Waals surface area contributed by atoms with E-state index in [0.717, 1.165) is 25.2 Å². The summed E-state index contributed by atoms with van der Waals surface area (Å²) in [5, 5.41) is 11.7. The molecule has 0 bridgehead atoms. The molecule has 1 aromatic rings. The Morgan fingerprint density at radius 3 is 2.92 bits per heavy atom. The van der Waals surface area contributed by atoms with Gasteiger partial charge < -0.3 is 10.4 Å². The van der Waals surface area contributed by atoms with Crippen LogP contribution in [0, 0.1) is 6.92 Å². The Kier molecular flexibility index (Phi) is 4.43. The van der Waals surface area contributed by atoms with Crippen LogP contribution in [0.3, 0.4) is 0 Å². The largest absolute Gasteiger partial charge is 0.396 e. The Bertz CT molecular complexity index is 233. The highest BCUT2D eigenvalue weighted by molar-refractivity contribution is 5.11. The summed E-state index contributed by atoms with van der Waals surface area (Å²) in [6.45, 7) is 3.89. The van der Waals surface area contributed by atoms with Crippen LogP contribution in [0.25, 0.3) is 0 Å². The van der Waals surface area contributed by atoms with E-state index in [2.05, 4.69) is 16.4 Å². The number of pyridine rings is 1. The van der Waals surface area contributed by atoms with Crippen molar-refractivity contribution in [2.24, 2.45) is 0 Å². The second-order valence-corrected chi connectivity index (χ2v) is 3.08. The third kappa shape index (κ3) is 4.01. The molecular formula is C10H16N2O. The molecule has 0 aliphatic carbocycles. The van der Waals surface area contributed by atoms with E-state index in [0.29, 0.717) is 0 Å². The quantitative estimate of drug-likeness (QED) is 0.661. The number of rotatable bonds is 5. The van der Waals surface area contributed by atoms with Gasteiger partial charge in [-0.15, -0.1) is 0 Å². The molecule has 0 amide bonds. The van der Waals surface area contributed by atoms with Gasteiger partial charge in [-0.25, -0.2) is 0 Å². The lowest BCUT2D eigenvalue weighted by Crippen LogP contribution is -2.16. The molecule has 0 aliphatic rings. The van der Waals surface area contributed by atoms with Gasteiger partial charge in [-0.3, -0.25) is 4.98 Å². The number of nitrogens with one attached hydrogen (secondary N) is 1. The molecule has 72 valence electrons. The van der Waals surface area contributed by atoms with Crippen LogP contribution < -0.4 is 5.32 Å². The van der Waals surface area contributed by atoms with Crippen molar-refractivity contribution in [1.29, 1.82) is 0 Å². The first kappa shape index (κ1) is 10.2. The van der Waals surface area contributed by atoms with Crippen LogP contribution in [0.15, 0.2) is 18.3 Å². The van der Waals surface area contributed by atoms with Crippen molar-refractivity contribution in [3.8, 4) is 0 Å². The number of hydrogen-bond acceptors (Lipinski definition) is 3. The minimum atomic E-state index is 0.244. The maximum absolute atomic E-state index is 8.54. The standard InChI is InChI=1S/C10H16N2O/c1-9-3-4-10(12-7-9)8-11-5-2-6-13/h3-4,7,11,13H,2,5-6,8H2,1H3. The summed E-state index contributed by atoms with van der Waals surface area (Å²) in [5.74, 6) is 0. The second-order valence-electron chi connectivity index (χ2n) is 3.08. The van der Waals surface area contributed by atoms with E-state index < -0.39 is 0 Å². The number of nitrogens with zero attached hydrogens (tertiary/aromatic N) is 1. The van der Waals surface area contributed by atoms with E-state index in [9.17, 15) is 0 Å². The van der Waals surface area contributed by atoms with Crippen LogP contribution in [-0.2, 0) is 6.54 Å². The first-order valence-electron chi connectivity index (χ1n) is 4.56. The summed E-state index contributed by atoms with van der Waals surface area (Å²) in [5.41, 5.74) is 2.22. The van der Waals surface area contributed by atoms with Crippen LogP contribution in [0.1, 0.15) is 17.7 Å².